The maximum atomic E-state index is 3.92. The Bertz CT molecular complexity index is 96.7. The molecule has 0 rings (SSSR count). The van der Waals surface area contributed by atoms with Crippen molar-refractivity contribution in [3.63, 3.8) is 0 Å². The predicted octanol–water partition coefficient (Wildman–Crippen LogP) is 1.44. The molecule has 0 saturated heterocycles. The van der Waals surface area contributed by atoms with Crippen LogP contribution in [-0.4, -0.2) is 25.2 Å². The van der Waals surface area contributed by atoms with Gasteiger partial charge in [0.25, 0.3) is 0 Å². The molecule has 0 saturated carbocycles. The topological polar surface area (TPSA) is 0 Å². The van der Waals surface area contributed by atoms with Gasteiger partial charge in [-0.2, -0.15) is 0 Å². The van der Waals surface area contributed by atoms with E-state index in [-0.39, 0.29) is 20.7 Å². The van der Waals surface area contributed by atoms with Gasteiger partial charge in [0.05, 0.1) is 0 Å². The maximum absolute atomic E-state index is 3.92. The number of allylic oxidation sites excluding steroid dienone is 2. The van der Waals surface area contributed by atoms with Crippen molar-refractivity contribution in [2.24, 2.45) is 0 Å². The van der Waals surface area contributed by atoms with E-state index in [1.54, 1.807) is 3.59 Å². The summed E-state index contributed by atoms with van der Waals surface area (Å²) < 4.78 is 5.49. The van der Waals surface area contributed by atoms with E-state index < -0.39 is 0 Å². The van der Waals surface area contributed by atoms with Crippen molar-refractivity contribution in [3.8, 4) is 0 Å². The Kier molecular flexibility index (Phi) is 3.62. The molecule has 0 N–H and O–H groups in total. The fraction of sp³-hybridized carbons (Fsp3) is 0.500. The van der Waals surface area contributed by atoms with Crippen molar-refractivity contribution in [1.82, 2.24) is 0 Å². The van der Waals surface area contributed by atoms with Crippen LogP contribution in [0.3, 0.4) is 0 Å². The van der Waals surface area contributed by atoms with Crippen LogP contribution >= 0.6 is 0 Å². The summed E-state index contributed by atoms with van der Waals surface area (Å²) in [6.45, 7) is 6.50. The van der Waals surface area contributed by atoms with Gasteiger partial charge in [0, 0.05) is 0 Å². The molecule has 0 atom stereocenters. The van der Waals surface area contributed by atoms with Crippen LogP contribution in [0.25, 0.3) is 0 Å². The zero-order valence-corrected chi connectivity index (χ0v) is 8.06. The quantitative estimate of drug-likeness (QED) is 0.564. The summed E-state index contributed by atoms with van der Waals surface area (Å²) in [5.41, 5.74) is 1.47. The minimum atomic E-state index is -0.309. The molecule has 0 bridgehead atoms. The molecule has 0 aromatic rings. The molecule has 0 nitrogen and oxygen atoms in total. The van der Waals surface area contributed by atoms with E-state index in [0.29, 0.717) is 0 Å². The second-order valence-corrected chi connectivity index (χ2v) is 4.95. The second-order valence-electron chi connectivity index (χ2n) is 1.80. The summed E-state index contributed by atoms with van der Waals surface area (Å²) >= 11 is -0.309. The zero-order valence-electron chi connectivity index (χ0n) is 5.21. The van der Waals surface area contributed by atoms with Crippen LogP contribution in [0.5, 0.6) is 0 Å². The monoisotopic (exact) mass is 203 g/mol. The van der Waals surface area contributed by atoms with E-state index in [1.165, 1.54) is 5.57 Å². The van der Waals surface area contributed by atoms with Crippen LogP contribution in [0.1, 0.15) is 20.8 Å². The van der Waals surface area contributed by atoms with Crippen molar-refractivity contribution in [2.45, 2.75) is 20.8 Å². The van der Waals surface area contributed by atoms with Crippen molar-refractivity contribution >= 4 is 25.2 Å². The van der Waals surface area contributed by atoms with Gasteiger partial charge in [0.1, 0.15) is 0 Å². The molecule has 0 amide bonds. The van der Waals surface area contributed by atoms with E-state index in [0.717, 1.165) is 0 Å². The molecule has 0 spiro atoms. The van der Waals surface area contributed by atoms with Crippen molar-refractivity contribution in [3.05, 3.63) is 9.16 Å². The third-order valence-corrected chi connectivity index (χ3v) is 3.96. The molecule has 0 fully saturated rings. The molecule has 0 heterocycles. The molecule has 0 aliphatic rings. The number of hydrogen-bond donors (Lipinski definition) is 0. The molecule has 0 aromatic heterocycles. The summed E-state index contributed by atoms with van der Waals surface area (Å²) in [6, 6.07) is 0. The van der Waals surface area contributed by atoms with Gasteiger partial charge >= 0.3 is 55.1 Å². The van der Waals surface area contributed by atoms with E-state index in [2.05, 4.69) is 25.3 Å². The molecule has 0 unspecified atom stereocenters. The molecule has 0 aliphatic heterocycles. The number of rotatable bonds is 1. The molecule has 1 heteroatoms. The van der Waals surface area contributed by atoms with Gasteiger partial charge in [-0.05, 0) is 0 Å². The number of hydrogen-bond acceptors (Lipinski definition) is 0. The second kappa shape index (κ2) is 3.42. The molecule has 0 aromatic carbocycles. The standard InChI is InChI=1S/C5H9.CH2.Sn/c1-4-5(2)3;;/h1-3H3;1H2;. The molecule has 0 aliphatic carbocycles. The van der Waals surface area contributed by atoms with Gasteiger partial charge in [0.15, 0.2) is 0 Å². The van der Waals surface area contributed by atoms with Crippen LogP contribution in [0.2, 0.25) is 0 Å². The Morgan fingerprint density at radius 3 is 1.71 bits per heavy atom. The van der Waals surface area contributed by atoms with Crippen LogP contribution in [-0.2, 0) is 0 Å². The summed E-state index contributed by atoms with van der Waals surface area (Å²) in [7, 11) is 0. The molecule has 7 heavy (non-hydrogen) atoms. The Morgan fingerprint density at radius 2 is 1.71 bits per heavy atom. The average molecular weight is 202 g/mol. The molecular weight excluding hydrogens is 191 g/mol. The Labute approximate surface area is 55.3 Å². The van der Waals surface area contributed by atoms with E-state index >= 15 is 0 Å². The fourth-order valence-corrected chi connectivity index (χ4v) is 1.19. The zero-order chi connectivity index (χ0) is 5.86. The third-order valence-electron chi connectivity index (χ3n) is 1.02. The van der Waals surface area contributed by atoms with Gasteiger partial charge in [-0.15, -0.1) is 0 Å². The first-order valence-electron chi connectivity index (χ1n) is 2.35. The fourth-order valence-electron chi connectivity index (χ4n) is 0.177. The normalized spacial score (nSPS) is 7.86. The SMILES string of the molecule is [CH2]=[Sn][C](C)=C(C)C. The van der Waals surface area contributed by atoms with Crippen molar-refractivity contribution in [2.75, 3.05) is 0 Å². The van der Waals surface area contributed by atoms with E-state index in [4.69, 9.17) is 0 Å². The first-order valence-corrected chi connectivity index (χ1v) is 5.80. The van der Waals surface area contributed by atoms with Crippen LogP contribution in [0.15, 0.2) is 9.16 Å². The first-order chi connectivity index (χ1) is 3.18. The Morgan fingerprint density at radius 1 is 1.29 bits per heavy atom. The first kappa shape index (κ1) is 7.41. The Hall–Kier alpha value is 0.409. The minimum absolute atomic E-state index is 0.309. The van der Waals surface area contributed by atoms with Crippen molar-refractivity contribution < 1.29 is 0 Å². The third kappa shape index (κ3) is 3.03. The van der Waals surface area contributed by atoms with Crippen LogP contribution < -0.4 is 0 Å². The van der Waals surface area contributed by atoms with E-state index in [9.17, 15) is 0 Å². The van der Waals surface area contributed by atoms with Gasteiger partial charge in [0.2, 0.25) is 0 Å². The Balaban J connectivity index is 3.98. The predicted molar refractivity (Wildman–Crippen MR) is 36.9 cm³/mol. The van der Waals surface area contributed by atoms with Gasteiger partial charge in [-0.3, -0.25) is 0 Å². The molecular formula is C6H11Sn. The van der Waals surface area contributed by atoms with Gasteiger partial charge < -0.3 is 0 Å². The summed E-state index contributed by atoms with van der Waals surface area (Å²) in [5, 5.41) is 0. The van der Waals surface area contributed by atoms with Crippen molar-refractivity contribution in [1.29, 1.82) is 0 Å². The molecule has 39 valence electrons. The van der Waals surface area contributed by atoms with E-state index in [1.807, 2.05) is 0 Å². The molecule has 1 radical (unpaired) electrons. The van der Waals surface area contributed by atoms with Crippen LogP contribution in [0.4, 0.5) is 0 Å². The van der Waals surface area contributed by atoms with Gasteiger partial charge in [-0.25, -0.2) is 0 Å². The summed E-state index contributed by atoms with van der Waals surface area (Å²) in [4.78, 5) is 0. The van der Waals surface area contributed by atoms with Gasteiger partial charge in [-0.1, -0.05) is 0 Å². The van der Waals surface area contributed by atoms with Crippen LogP contribution in [0, 0.1) is 0 Å². The summed E-state index contributed by atoms with van der Waals surface area (Å²) in [5.74, 6) is 0. The summed E-state index contributed by atoms with van der Waals surface area (Å²) in [6.07, 6.45) is 0. The average Bonchev–Trinajstić information content (AvgIpc) is 1.65.